The van der Waals surface area contributed by atoms with E-state index in [1.807, 2.05) is 0 Å². The summed E-state index contributed by atoms with van der Waals surface area (Å²) in [4.78, 5) is 27.7. The predicted molar refractivity (Wildman–Crippen MR) is 99.2 cm³/mol. The molecule has 27 heavy (non-hydrogen) atoms. The molecule has 0 aliphatic carbocycles. The first kappa shape index (κ1) is 19.6. The second-order valence-electron chi connectivity index (χ2n) is 5.23. The quantitative estimate of drug-likeness (QED) is 0.185. The number of hydrogen-bond acceptors (Lipinski definition) is 7. The number of hydrogen-bond donors (Lipinski definition) is 0. The summed E-state index contributed by atoms with van der Waals surface area (Å²) in [6, 6.07) is 12.9. The predicted octanol–water partition coefficient (Wildman–Crippen LogP) is 3.15. The molecule has 0 amide bonds. The summed E-state index contributed by atoms with van der Waals surface area (Å²) in [5.41, 5.74) is 1.86. The maximum absolute atomic E-state index is 12.2. The minimum absolute atomic E-state index is 0.0885. The fourth-order valence-electron chi connectivity index (χ4n) is 2.49. The molecule has 0 aliphatic heterocycles. The van der Waals surface area contributed by atoms with Crippen LogP contribution >= 0.6 is 0 Å². The van der Waals surface area contributed by atoms with Crippen LogP contribution in [0.5, 0.6) is 0 Å². The minimum Gasteiger partial charge on any atom is -0.503 e. The Morgan fingerprint density at radius 2 is 1.78 bits per heavy atom. The third-order valence-electron chi connectivity index (χ3n) is 3.63. The molecule has 0 bridgehead atoms. The van der Waals surface area contributed by atoms with Gasteiger partial charge >= 0.3 is 5.97 Å². The van der Waals surface area contributed by atoms with E-state index >= 15 is 0 Å². The zero-order valence-electron chi connectivity index (χ0n) is 15.0. The van der Waals surface area contributed by atoms with Crippen LogP contribution < -0.4 is 0 Å². The lowest BCUT2D eigenvalue weighted by molar-refractivity contribution is -0.384. The van der Waals surface area contributed by atoms with Crippen LogP contribution in [0.1, 0.15) is 16.7 Å². The fourth-order valence-corrected chi connectivity index (χ4v) is 2.49. The molecule has 2 rings (SSSR count). The lowest BCUT2D eigenvalue weighted by Crippen LogP contribution is -2.12. The van der Waals surface area contributed by atoms with Crippen LogP contribution in [0.3, 0.4) is 0 Å². The number of non-ortho nitro benzene ring substituents is 1. The Bertz CT molecular complexity index is 905. The number of carbonyl (C=O) groups is 1. The van der Waals surface area contributed by atoms with Gasteiger partial charge < -0.3 is 14.3 Å². The summed E-state index contributed by atoms with van der Waals surface area (Å²) in [6.07, 6.45) is 1.27. The summed E-state index contributed by atoms with van der Waals surface area (Å²) in [5, 5.41) is 15.1. The molecule has 0 aliphatic rings. The highest BCUT2D eigenvalue weighted by atomic mass is 16.6. The molecule has 8 nitrogen and oxygen atoms in total. The fraction of sp³-hybridized carbons (Fsp3) is 0.158. The Balaban J connectivity index is 2.69. The topological polar surface area (TPSA) is 100 Å². The van der Waals surface area contributed by atoms with E-state index in [-0.39, 0.29) is 11.3 Å². The molecule has 0 atom stereocenters. The first-order chi connectivity index (χ1) is 13.0. The van der Waals surface area contributed by atoms with Crippen LogP contribution in [0.2, 0.25) is 0 Å². The maximum atomic E-state index is 12.2. The van der Waals surface area contributed by atoms with Crippen LogP contribution in [0, 0.1) is 10.1 Å². The summed E-state index contributed by atoms with van der Waals surface area (Å²) in [6.45, 7) is 0. The van der Waals surface area contributed by atoms with Crippen molar-refractivity contribution in [2.45, 2.75) is 0 Å². The third kappa shape index (κ3) is 4.49. The van der Waals surface area contributed by atoms with Crippen molar-refractivity contribution in [1.82, 2.24) is 0 Å². The molecular formula is C19H18N2O6. The van der Waals surface area contributed by atoms with E-state index in [4.69, 9.17) is 14.3 Å². The molecular weight excluding hydrogens is 352 g/mol. The second-order valence-corrected chi connectivity index (χ2v) is 5.23. The lowest BCUT2D eigenvalue weighted by atomic mass is 9.93. The highest BCUT2D eigenvalue weighted by Crippen LogP contribution is 2.25. The first-order valence-electron chi connectivity index (χ1n) is 7.80. The summed E-state index contributed by atoms with van der Waals surface area (Å²) >= 11 is 0. The molecule has 8 heteroatoms. The normalized spacial score (nSPS) is 11.7. The number of nitro groups is 1. The molecule has 0 unspecified atom stereocenters. The van der Waals surface area contributed by atoms with Gasteiger partial charge in [-0.05, 0) is 0 Å². The molecule has 0 spiro atoms. The average Bonchev–Trinajstić information content (AvgIpc) is 2.70. The number of nitrogens with zero attached hydrogens (tertiary/aromatic N) is 2. The number of oxime groups is 1. The molecule has 0 aromatic heterocycles. The van der Waals surface area contributed by atoms with Gasteiger partial charge in [0.15, 0.2) is 0 Å². The van der Waals surface area contributed by atoms with Gasteiger partial charge in [-0.2, -0.15) is 0 Å². The van der Waals surface area contributed by atoms with Gasteiger partial charge in [0, 0.05) is 28.8 Å². The van der Waals surface area contributed by atoms with Gasteiger partial charge in [0.2, 0.25) is 0 Å². The van der Waals surface area contributed by atoms with E-state index in [2.05, 4.69) is 5.16 Å². The molecule has 0 radical (unpaired) electrons. The SMILES string of the molecule is CO/C=C(/C(=O)OC)c1ccccc1/C(=N/OC)c1cccc([N+](=O)[O-])c1. The van der Waals surface area contributed by atoms with E-state index in [9.17, 15) is 14.9 Å². The Hall–Kier alpha value is -3.68. The summed E-state index contributed by atoms with van der Waals surface area (Å²) in [5.74, 6) is -0.597. The van der Waals surface area contributed by atoms with Crippen molar-refractivity contribution in [2.24, 2.45) is 5.16 Å². The average molecular weight is 370 g/mol. The molecule has 2 aromatic carbocycles. The second kappa shape index (κ2) is 9.14. The molecule has 140 valence electrons. The molecule has 0 heterocycles. The number of nitro benzene ring substituents is 1. The smallest absolute Gasteiger partial charge is 0.341 e. The Morgan fingerprint density at radius 1 is 1.07 bits per heavy atom. The third-order valence-corrected chi connectivity index (χ3v) is 3.63. The van der Waals surface area contributed by atoms with Gasteiger partial charge in [-0.15, -0.1) is 0 Å². The van der Waals surface area contributed by atoms with Crippen molar-refractivity contribution in [3.05, 3.63) is 81.6 Å². The zero-order valence-corrected chi connectivity index (χ0v) is 15.0. The number of esters is 1. The molecule has 0 fully saturated rings. The van der Waals surface area contributed by atoms with Crippen LogP contribution in [0.4, 0.5) is 5.69 Å². The van der Waals surface area contributed by atoms with E-state index < -0.39 is 10.9 Å². The van der Waals surface area contributed by atoms with Gasteiger partial charge in [0.1, 0.15) is 18.4 Å². The largest absolute Gasteiger partial charge is 0.503 e. The highest BCUT2D eigenvalue weighted by molar-refractivity contribution is 6.22. The van der Waals surface area contributed by atoms with E-state index in [1.165, 1.54) is 39.7 Å². The lowest BCUT2D eigenvalue weighted by Gasteiger charge is -2.13. The van der Waals surface area contributed by atoms with Crippen molar-refractivity contribution in [1.29, 1.82) is 0 Å². The highest BCUT2D eigenvalue weighted by Gasteiger charge is 2.21. The standard InChI is InChI=1S/C19H18N2O6/c1-25-12-17(19(22)26-2)15-9-4-5-10-16(15)18(20-27-3)13-7-6-8-14(11-13)21(23)24/h4-12H,1-3H3/b17-12+,20-18+. The van der Waals surface area contributed by atoms with E-state index in [0.29, 0.717) is 22.4 Å². The molecule has 2 aromatic rings. The Morgan fingerprint density at radius 3 is 2.37 bits per heavy atom. The van der Waals surface area contributed by atoms with Crippen molar-refractivity contribution < 1.29 is 24.0 Å². The van der Waals surface area contributed by atoms with Crippen LogP contribution in [-0.2, 0) is 19.1 Å². The number of benzene rings is 2. The van der Waals surface area contributed by atoms with Gasteiger partial charge in [-0.1, -0.05) is 41.6 Å². The molecule has 0 saturated carbocycles. The van der Waals surface area contributed by atoms with E-state index in [0.717, 1.165) is 0 Å². The van der Waals surface area contributed by atoms with Crippen molar-refractivity contribution in [2.75, 3.05) is 21.3 Å². The van der Waals surface area contributed by atoms with Crippen LogP contribution in [0.15, 0.2) is 59.9 Å². The maximum Gasteiger partial charge on any atom is 0.341 e. The van der Waals surface area contributed by atoms with Crippen molar-refractivity contribution in [3.63, 3.8) is 0 Å². The molecule has 0 saturated heterocycles. The zero-order chi connectivity index (χ0) is 19.8. The van der Waals surface area contributed by atoms with Crippen LogP contribution in [0.25, 0.3) is 5.57 Å². The first-order valence-corrected chi connectivity index (χ1v) is 7.80. The number of ether oxygens (including phenoxy) is 2. The minimum atomic E-state index is -0.597. The van der Waals surface area contributed by atoms with E-state index in [1.54, 1.807) is 36.4 Å². The monoisotopic (exact) mass is 370 g/mol. The summed E-state index contributed by atoms with van der Waals surface area (Å²) in [7, 11) is 4.04. The number of methoxy groups -OCH3 is 2. The van der Waals surface area contributed by atoms with Crippen molar-refractivity contribution >= 4 is 22.9 Å². The van der Waals surface area contributed by atoms with Gasteiger partial charge in [-0.25, -0.2) is 4.79 Å². The Kier molecular flexibility index (Phi) is 6.65. The Labute approximate surface area is 155 Å². The van der Waals surface area contributed by atoms with Gasteiger partial charge in [-0.3, -0.25) is 10.1 Å². The van der Waals surface area contributed by atoms with Gasteiger partial charge in [0.05, 0.1) is 25.4 Å². The van der Waals surface area contributed by atoms with Gasteiger partial charge in [0.25, 0.3) is 5.69 Å². The summed E-state index contributed by atoms with van der Waals surface area (Å²) < 4.78 is 9.83. The van der Waals surface area contributed by atoms with Crippen LogP contribution in [-0.4, -0.2) is 37.9 Å². The van der Waals surface area contributed by atoms with Crippen molar-refractivity contribution in [3.8, 4) is 0 Å². The number of rotatable bonds is 7. The molecule has 0 N–H and O–H groups in total. The number of carbonyl (C=O) groups excluding carboxylic acids is 1.